The van der Waals surface area contributed by atoms with Crippen LogP contribution in [0.2, 0.25) is 0 Å². The van der Waals surface area contributed by atoms with Gasteiger partial charge in [-0.2, -0.15) is 5.10 Å². The SMILES string of the molecule is COC(=O)OC1=C(C)NN=C(C)C1c1ccccc1. The van der Waals surface area contributed by atoms with Crippen LogP contribution in [0, 0.1) is 0 Å². The molecule has 0 spiro atoms. The molecule has 2 rings (SSSR count). The second-order valence-electron chi connectivity index (χ2n) is 4.25. The Morgan fingerprint density at radius 3 is 2.58 bits per heavy atom. The number of carbonyl (C=O) groups is 1. The van der Waals surface area contributed by atoms with E-state index in [9.17, 15) is 4.79 Å². The molecule has 1 aromatic rings. The fourth-order valence-corrected chi connectivity index (χ4v) is 2.00. The minimum absolute atomic E-state index is 0.179. The Morgan fingerprint density at radius 2 is 1.95 bits per heavy atom. The van der Waals surface area contributed by atoms with Crippen LogP contribution in [0.4, 0.5) is 4.79 Å². The summed E-state index contributed by atoms with van der Waals surface area (Å²) in [6.45, 7) is 3.70. The van der Waals surface area contributed by atoms with E-state index in [0.29, 0.717) is 11.5 Å². The van der Waals surface area contributed by atoms with Gasteiger partial charge in [0.1, 0.15) is 5.76 Å². The van der Waals surface area contributed by atoms with Gasteiger partial charge in [0.05, 0.1) is 24.4 Å². The maximum absolute atomic E-state index is 11.4. The summed E-state index contributed by atoms with van der Waals surface area (Å²) in [7, 11) is 1.28. The molecule has 0 aromatic heterocycles. The molecular weight excluding hydrogens is 244 g/mol. The first-order valence-electron chi connectivity index (χ1n) is 5.95. The molecule has 1 aliphatic heterocycles. The molecule has 5 heteroatoms. The molecule has 0 aliphatic carbocycles. The Kier molecular flexibility index (Phi) is 3.85. The van der Waals surface area contributed by atoms with E-state index in [1.807, 2.05) is 44.2 Å². The van der Waals surface area contributed by atoms with Crippen molar-refractivity contribution < 1.29 is 14.3 Å². The van der Waals surface area contributed by atoms with Crippen molar-refractivity contribution in [3.63, 3.8) is 0 Å². The normalized spacial score (nSPS) is 18.5. The molecule has 1 heterocycles. The van der Waals surface area contributed by atoms with E-state index < -0.39 is 6.16 Å². The van der Waals surface area contributed by atoms with Gasteiger partial charge in [-0.05, 0) is 19.4 Å². The fourth-order valence-electron chi connectivity index (χ4n) is 2.00. The number of hydrogen-bond donors (Lipinski definition) is 1. The van der Waals surface area contributed by atoms with Crippen molar-refractivity contribution in [2.45, 2.75) is 19.8 Å². The Morgan fingerprint density at radius 1 is 1.26 bits per heavy atom. The first kappa shape index (κ1) is 13.1. The van der Waals surface area contributed by atoms with Crippen molar-refractivity contribution in [1.29, 1.82) is 0 Å². The van der Waals surface area contributed by atoms with Crippen molar-refractivity contribution in [3.05, 3.63) is 47.4 Å². The summed E-state index contributed by atoms with van der Waals surface area (Å²) in [5.74, 6) is 0.340. The molecule has 1 aromatic carbocycles. The molecule has 0 saturated carbocycles. The number of hydrazone groups is 1. The van der Waals surface area contributed by atoms with Gasteiger partial charge in [-0.15, -0.1) is 0 Å². The van der Waals surface area contributed by atoms with Crippen molar-refractivity contribution in [1.82, 2.24) is 5.43 Å². The van der Waals surface area contributed by atoms with Crippen LogP contribution in [0.3, 0.4) is 0 Å². The monoisotopic (exact) mass is 260 g/mol. The molecule has 1 atom stereocenters. The summed E-state index contributed by atoms with van der Waals surface area (Å²) in [5, 5.41) is 4.23. The molecule has 0 fully saturated rings. The summed E-state index contributed by atoms with van der Waals surface area (Å²) in [4.78, 5) is 11.4. The van der Waals surface area contributed by atoms with Crippen LogP contribution >= 0.6 is 0 Å². The van der Waals surface area contributed by atoms with E-state index in [4.69, 9.17) is 4.74 Å². The summed E-state index contributed by atoms with van der Waals surface area (Å²) in [6.07, 6.45) is -0.730. The molecule has 5 nitrogen and oxygen atoms in total. The predicted octanol–water partition coefficient (Wildman–Crippen LogP) is 2.76. The predicted molar refractivity (Wildman–Crippen MR) is 71.6 cm³/mol. The van der Waals surface area contributed by atoms with Gasteiger partial charge in [0, 0.05) is 0 Å². The topological polar surface area (TPSA) is 59.9 Å². The van der Waals surface area contributed by atoms with Crippen molar-refractivity contribution in [3.8, 4) is 0 Å². The highest BCUT2D eigenvalue weighted by atomic mass is 16.7. The smallest absolute Gasteiger partial charge is 0.437 e. The average molecular weight is 260 g/mol. The number of ether oxygens (including phenoxy) is 2. The van der Waals surface area contributed by atoms with Crippen molar-refractivity contribution in [2.75, 3.05) is 7.11 Å². The molecule has 100 valence electrons. The van der Waals surface area contributed by atoms with Gasteiger partial charge >= 0.3 is 6.16 Å². The fraction of sp³-hybridized carbons (Fsp3) is 0.286. The Balaban J connectivity index is 2.38. The summed E-state index contributed by atoms with van der Waals surface area (Å²) in [6, 6.07) is 9.77. The quantitative estimate of drug-likeness (QED) is 0.831. The lowest BCUT2D eigenvalue weighted by atomic mass is 9.91. The zero-order chi connectivity index (χ0) is 13.8. The molecular formula is C14H16N2O3. The third-order valence-electron chi connectivity index (χ3n) is 2.94. The first-order valence-corrected chi connectivity index (χ1v) is 5.95. The molecule has 1 unspecified atom stereocenters. The highest BCUT2D eigenvalue weighted by molar-refractivity contribution is 5.92. The Hall–Kier alpha value is -2.30. The van der Waals surface area contributed by atoms with E-state index >= 15 is 0 Å². The van der Waals surface area contributed by atoms with E-state index in [0.717, 1.165) is 11.3 Å². The van der Waals surface area contributed by atoms with Crippen LogP contribution in [-0.2, 0) is 9.47 Å². The molecule has 1 aliphatic rings. The summed E-state index contributed by atoms with van der Waals surface area (Å²) >= 11 is 0. The number of nitrogens with zero attached hydrogens (tertiary/aromatic N) is 1. The van der Waals surface area contributed by atoms with E-state index in [2.05, 4.69) is 15.3 Å². The van der Waals surface area contributed by atoms with Gasteiger partial charge in [-0.3, -0.25) is 5.43 Å². The van der Waals surface area contributed by atoms with Crippen LogP contribution in [0.1, 0.15) is 25.3 Å². The highest BCUT2D eigenvalue weighted by Crippen LogP contribution is 2.31. The lowest BCUT2D eigenvalue weighted by Crippen LogP contribution is -2.27. The van der Waals surface area contributed by atoms with Crippen molar-refractivity contribution >= 4 is 11.9 Å². The molecule has 0 radical (unpaired) electrons. The van der Waals surface area contributed by atoms with Gasteiger partial charge < -0.3 is 9.47 Å². The maximum Gasteiger partial charge on any atom is 0.513 e. The second-order valence-corrected chi connectivity index (χ2v) is 4.25. The Bertz CT molecular complexity index is 535. The molecule has 0 saturated heterocycles. The van der Waals surface area contributed by atoms with Gasteiger partial charge in [0.2, 0.25) is 0 Å². The number of benzene rings is 1. The van der Waals surface area contributed by atoms with Crippen LogP contribution in [-0.4, -0.2) is 19.0 Å². The number of methoxy groups -OCH3 is 1. The number of hydrogen-bond acceptors (Lipinski definition) is 5. The standard InChI is InChI=1S/C14H16N2O3/c1-9-12(11-7-5-4-6-8-11)13(10(2)16-15-9)19-14(17)18-3/h4-8,12,16H,1-3H3. The van der Waals surface area contributed by atoms with Crippen molar-refractivity contribution in [2.24, 2.45) is 5.10 Å². The Labute approximate surface area is 111 Å². The van der Waals surface area contributed by atoms with Gasteiger partial charge in [0.25, 0.3) is 0 Å². The lowest BCUT2D eigenvalue weighted by molar-refractivity contribution is 0.0931. The number of rotatable bonds is 2. The minimum atomic E-state index is -0.730. The zero-order valence-corrected chi connectivity index (χ0v) is 11.1. The molecule has 19 heavy (non-hydrogen) atoms. The number of allylic oxidation sites excluding steroid dienone is 2. The maximum atomic E-state index is 11.4. The average Bonchev–Trinajstić information content (AvgIpc) is 2.44. The van der Waals surface area contributed by atoms with Crippen LogP contribution in [0.15, 0.2) is 46.9 Å². The van der Waals surface area contributed by atoms with E-state index in [-0.39, 0.29) is 5.92 Å². The minimum Gasteiger partial charge on any atom is -0.437 e. The lowest BCUT2D eigenvalue weighted by Gasteiger charge is -2.25. The van der Waals surface area contributed by atoms with Gasteiger partial charge in [-0.25, -0.2) is 4.79 Å². The van der Waals surface area contributed by atoms with E-state index in [1.54, 1.807) is 0 Å². The number of carbonyl (C=O) groups excluding carboxylic acids is 1. The van der Waals surface area contributed by atoms with Crippen LogP contribution in [0.5, 0.6) is 0 Å². The summed E-state index contributed by atoms with van der Waals surface area (Å²) < 4.78 is 9.82. The van der Waals surface area contributed by atoms with Gasteiger partial charge in [-0.1, -0.05) is 30.3 Å². The molecule has 0 amide bonds. The first-order chi connectivity index (χ1) is 9.13. The zero-order valence-electron chi connectivity index (χ0n) is 11.1. The number of nitrogens with one attached hydrogen (secondary N) is 1. The summed E-state index contributed by atoms with van der Waals surface area (Å²) in [5.41, 5.74) is 5.39. The molecule has 0 bridgehead atoms. The second kappa shape index (κ2) is 5.56. The van der Waals surface area contributed by atoms with E-state index in [1.165, 1.54) is 7.11 Å². The van der Waals surface area contributed by atoms with Crippen LogP contribution < -0.4 is 5.43 Å². The largest absolute Gasteiger partial charge is 0.513 e. The molecule has 1 N–H and O–H groups in total. The van der Waals surface area contributed by atoms with Gasteiger partial charge in [0.15, 0.2) is 0 Å². The third-order valence-corrected chi connectivity index (χ3v) is 2.94. The van der Waals surface area contributed by atoms with Crippen LogP contribution in [0.25, 0.3) is 0 Å². The highest BCUT2D eigenvalue weighted by Gasteiger charge is 2.29. The third kappa shape index (κ3) is 2.76.